The number of nitrogens with zero attached hydrogens (tertiary/aromatic N) is 2. The van der Waals surface area contributed by atoms with Gasteiger partial charge in [-0.1, -0.05) is 11.6 Å². The first-order valence-corrected chi connectivity index (χ1v) is 14.0. The smallest absolute Gasteiger partial charge is 0.404 e. The van der Waals surface area contributed by atoms with Gasteiger partial charge in [-0.3, -0.25) is 5.41 Å². The van der Waals surface area contributed by atoms with Gasteiger partial charge in [-0.2, -0.15) is 4.98 Å². The van der Waals surface area contributed by atoms with E-state index in [-0.39, 0.29) is 34.1 Å². The van der Waals surface area contributed by atoms with Crippen molar-refractivity contribution in [3.05, 3.63) is 46.4 Å². The van der Waals surface area contributed by atoms with Gasteiger partial charge in [0.1, 0.15) is 5.02 Å². The van der Waals surface area contributed by atoms with Crippen molar-refractivity contribution in [2.75, 3.05) is 30.8 Å². The van der Waals surface area contributed by atoms with Crippen LogP contribution in [0.5, 0.6) is 5.75 Å². The van der Waals surface area contributed by atoms with Crippen molar-refractivity contribution in [3.63, 3.8) is 0 Å². The Morgan fingerprint density at radius 2 is 1.95 bits per heavy atom. The van der Waals surface area contributed by atoms with Crippen LogP contribution in [0.4, 0.5) is 30.6 Å². The molecule has 1 aromatic heterocycles. The van der Waals surface area contributed by atoms with E-state index in [1.807, 2.05) is 6.92 Å². The fraction of sp³-hybridized carbons (Fsp3) is 0.458. The van der Waals surface area contributed by atoms with Crippen LogP contribution in [0.3, 0.4) is 0 Å². The molecule has 0 spiro atoms. The van der Waals surface area contributed by atoms with Crippen LogP contribution in [0.15, 0.2) is 30.2 Å². The summed E-state index contributed by atoms with van der Waals surface area (Å²) in [5.74, 6) is -0.547. The molecule has 214 valence electrons. The molecule has 0 saturated carbocycles. The van der Waals surface area contributed by atoms with E-state index in [4.69, 9.17) is 17.0 Å². The average molecular weight is 590 g/mol. The van der Waals surface area contributed by atoms with E-state index in [2.05, 4.69) is 36.0 Å². The fourth-order valence-electron chi connectivity index (χ4n) is 4.04. The summed E-state index contributed by atoms with van der Waals surface area (Å²) in [4.78, 5) is 8.25. The summed E-state index contributed by atoms with van der Waals surface area (Å²) < 4.78 is 69.3. The van der Waals surface area contributed by atoms with Gasteiger partial charge in [0.25, 0.3) is 0 Å². The molecule has 1 aliphatic rings. The molecule has 1 aromatic carbocycles. The van der Waals surface area contributed by atoms with E-state index < -0.39 is 32.2 Å². The molecule has 5 N–H and O–H groups in total. The molecule has 3 rings (SSSR count). The summed E-state index contributed by atoms with van der Waals surface area (Å²) >= 11 is 6.21. The average Bonchev–Trinajstić information content (AvgIpc) is 2.86. The first kappa shape index (κ1) is 30.4. The maximum Gasteiger partial charge on any atom is 0.573 e. The molecule has 0 amide bonds. The number of sulfone groups is 1. The maximum absolute atomic E-state index is 13.3. The lowest BCUT2D eigenvalue weighted by atomic mass is 9.87. The Hall–Kier alpha value is -3.10. The third-order valence-corrected chi connectivity index (χ3v) is 8.36. The van der Waals surface area contributed by atoms with E-state index in [1.165, 1.54) is 39.4 Å². The number of hydrogen-bond donors (Lipinski definition) is 5. The molecular weight excluding hydrogens is 559 g/mol. The normalized spacial score (nSPS) is 15.3. The molecule has 1 fully saturated rings. The van der Waals surface area contributed by atoms with Crippen LogP contribution in [0, 0.1) is 12.3 Å². The van der Waals surface area contributed by atoms with Gasteiger partial charge in [0.2, 0.25) is 5.95 Å². The van der Waals surface area contributed by atoms with Crippen LogP contribution in [0.2, 0.25) is 5.02 Å². The lowest BCUT2D eigenvalue weighted by Gasteiger charge is -2.26. The van der Waals surface area contributed by atoms with E-state index in [0.717, 1.165) is 37.1 Å². The number of halogens is 4. The van der Waals surface area contributed by atoms with Crippen LogP contribution in [-0.4, -0.2) is 55.2 Å². The summed E-state index contributed by atoms with van der Waals surface area (Å²) in [7, 11) is -2.43. The van der Waals surface area contributed by atoms with Crippen molar-refractivity contribution < 1.29 is 26.3 Å². The van der Waals surface area contributed by atoms with Gasteiger partial charge in [-0.25, -0.2) is 13.4 Å². The van der Waals surface area contributed by atoms with E-state index in [0.29, 0.717) is 0 Å². The van der Waals surface area contributed by atoms with Crippen LogP contribution in [0.1, 0.15) is 43.7 Å². The zero-order valence-electron chi connectivity index (χ0n) is 21.8. The minimum atomic E-state index is -4.93. The second-order valence-electron chi connectivity index (χ2n) is 9.19. The highest BCUT2D eigenvalue weighted by atomic mass is 35.5. The van der Waals surface area contributed by atoms with Crippen molar-refractivity contribution >= 4 is 43.9 Å². The zero-order valence-corrected chi connectivity index (χ0v) is 23.4. The highest BCUT2D eigenvalue weighted by Crippen LogP contribution is 2.39. The van der Waals surface area contributed by atoms with Crippen LogP contribution in [-0.2, 0) is 9.84 Å². The molecule has 0 aliphatic carbocycles. The Labute approximate surface area is 230 Å². The van der Waals surface area contributed by atoms with Gasteiger partial charge in [-0.05, 0) is 75.9 Å². The molecule has 1 saturated heterocycles. The molecule has 15 heteroatoms. The Morgan fingerprint density at radius 3 is 2.54 bits per heavy atom. The van der Waals surface area contributed by atoms with Crippen molar-refractivity contribution in [3.8, 4) is 5.75 Å². The Bertz CT molecular complexity index is 1350. The molecule has 1 aliphatic heterocycles. The number of nitrogens with one attached hydrogen (secondary N) is 5. The zero-order chi connectivity index (χ0) is 29.0. The van der Waals surface area contributed by atoms with E-state index in [9.17, 15) is 21.6 Å². The number of alkyl halides is 3. The quantitative estimate of drug-likeness (QED) is 0.205. The third-order valence-electron chi connectivity index (χ3n) is 6.05. The van der Waals surface area contributed by atoms with Gasteiger partial charge < -0.3 is 26.0 Å². The second-order valence-corrected chi connectivity index (χ2v) is 12.0. The predicted octanol–water partition coefficient (Wildman–Crippen LogP) is 4.82. The number of anilines is 3. The van der Waals surface area contributed by atoms with Gasteiger partial charge >= 0.3 is 6.36 Å². The molecule has 39 heavy (non-hydrogen) atoms. The van der Waals surface area contributed by atoms with Crippen molar-refractivity contribution in [1.29, 1.82) is 5.41 Å². The fourth-order valence-corrected chi connectivity index (χ4v) is 5.06. The summed E-state index contributed by atoms with van der Waals surface area (Å²) in [6.45, 7) is 6.24. The SMILES string of the molecule is CN/C=C(/Nc1nc(Nc2cc(C)c(C3CCNCC3)cc2OC(F)(F)F)ncc1Cl)C(=N)S(=O)(=O)C(C)C. The minimum Gasteiger partial charge on any atom is -0.404 e. The molecular formula is C24H31ClF3N7O3S. The second kappa shape index (κ2) is 12.4. The molecule has 2 heterocycles. The van der Waals surface area contributed by atoms with Gasteiger partial charge in [0.15, 0.2) is 26.4 Å². The van der Waals surface area contributed by atoms with Gasteiger partial charge in [-0.15, -0.1) is 13.2 Å². The van der Waals surface area contributed by atoms with E-state index in [1.54, 1.807) is 6.07 Å². The Kier molecular flexibility index (Phi) is 9.67. The Morgan fingerprint density at radius 1 is 1.28 bits per heavy atom. The van der Waals surface area contributed by atoms with Crippen molar-refractivity contribution in [1.82, 2.24) is 20.6 Å². The summed E-state index contributed by atoms with van der Waals surface area (Å²) in [5, 5.41) is 18.0. The summed E-state index contributed by atoms with van der Waals surface area (Å²) in [5.41, 5.74) is 1.39. The summed E-state index contributed by atoms with van der Waals surface area (Å²) in [6.07, 6.45) is -0.903. The lowest BCUT2D eigenvalue weighted by Crippen LogP contribution is -2.28. The van der Waals surface area contributed by atoms with Crippen LogP contribution < -0.4 is 26.0 Å². The number of aromatic nitrogens is 2. The minimum absolute atomic E-state index is 0.0125. The number of piperidine rings is 1. The predicted molar refractivity (Wildman–Crippen MR) is 146 cm³/mol. The molecule has 0 unspecified atom stereocenters. The lowest BCUT2D eigenvalue weighted by molar-refractivity contribution is -0.274. The number of hydrogen-bond acceptors (Lipinski definition) is 10. The Balaban J connectivity index is 1.97. The molecule has 0 atom stereocenters. The van der Waals surface area contributed by atoms with Crippen molar-refractivity contribution in [2.24, 2.45) is 0 Å². The van der Waals surface area contributed by atoms with E-state index >= 15 is 0 Å². The number of rotatable bonds is 9. The molecule has 2 aromatic rings. The largest absolute Gasteiger partial charge is 0.573 e. The standard InChI is InChI=1S/C24H31ClF3N7O3S/c1-13(2)39(36,37)21(29)19(12-30-4)33-22-17(25)11-32-23(35-22)34-18-9-14(3)16(15-5-7-31-8-6-15)10-20(18)38-24(26,27)28/h9-13,15,29-31H,5-8H2,1-4H3,(H2,32,33,34,35)/b19-12+,29-21?. The first-order valence-electron chi connectivity index (χ1n) is 12.1. The number of ether oxygens (including phenoxy) is 1. The van der Waals surface area contributed by atoms with Crippen molar-refractivity contribution in [2.45, 2.75) is 51.1 Å². The van der Waals surface area contributed by atoms with Gasteiger partial charge in [0.05, 0.1) is 22.8 Å². The highest BCUT2D eigenvalue weighted by molar-refractivity contribution is 8.07. The number of aryl methyl sites for hydroxylation is 1. The van der Waals surface area contributed by atoms with Gasteiger partial charge in [0, 0.05) is 13.2 Å². The highest BCUT2D eigenvalue weighted by Gasteiger charge is 2.33. The molecule has 10 nitrogen and oxygen atoms in total. The maximum atomic E-state index is 13.3. The third kappa shape index (κ3) is 7.73. The topological polar surface area (TPSA) is 141 Å². The monoisotopic (exact) mass is 589 g/mol. The first-order chi connectivity index (χ1) is 18.2. The molecule has 0 radical (unpaired) electrons. The van der Waals surface area contributed by atoms with Crippen LogP contribution >= 0.6 is 11.6 Å². The summed E-state index contributed by atoms with van der Waals surface area (Å²) in [6, 6.07) is 2.93. The van der Waals surface area contributed by atoms with Crippen LogP contribution in [0.25, 0.3) is 0 Å². The number of benzene rings is 1. The molecule has 0 bridgehead atoms.